The van der Waals surface area contributed by atoms with Gasteiger partial charge < -0.3 is 15.7 Å². The van der Waals surface area contributed by atoms with E-state index in [9.17, 15) is 14.9 Å². The zero-order chi connectivity index (χ0) is 14.7. The molecular weight excluding hydrogens is 262 g/mol. The third-order valence-electron chi connectivity index (χ3n) is 3.62. The van der Waals surface area contributed by atoms with Crippen LogP contribution in [0.1, 0.15) is 23.2 Å². The lowest BCUT2D eigenvalue weighted by Gasteiger charge is -2.19. The fourth-order valence-electron chi connectivity index (χ4n) is 2.55. The van der Waals surface area contributed by atoms with Gasteiger partial charge in [-0.3, -0.25) is 14.9 Å². The summed E-state index contributed by atoms with van der Waals surface area (Å²) in [5, 5.41) is 20.0. The Labute approximate surface area is 116 Å². The Balaban J connectivity index is 2.31. The first kappa shape index (κ1) is 14.3. The minimum atomic E-state index is -0.604. The molecule has 1 aliphatic heterocycles. The number of nitrogens with two attached hydrogens (primary N) is 1. The van der Waals surface area contributed by atoms with Crippen LogP contribution < -0.4 is 10.6 Å². The molecule has 0 aliphatic carbocycles. The van der Waals surface area contributed by atoms with Crippen molar-refractivity contribution in [2.24, 2.45) is 11.7 Å². The largest absolute Gasteiger partial charge is 0.396 e. The first-order chi connectivity index (χ1) is 9.52. The van der Waals surface area contributed by atoms with E-state index < -0.39 is 10.8 Å². The molecule has 1 aromatic rings. The molecule has 0 radical (unpaired) electrons. The van der Waals surface area contributed by atoms with Gasteiger partial charge >= 0.3 is 0 Å². The highest BCUT2D eigenvalue weighted by molar-refractivity contribution is 5.94. The van der Waals surface area contributed by atoms with Crippen molar-refractivity contribution in [3.8, 4) is 0 Å². The van der Waals surface area contributed by atoms with Gasteiger partial charge in [-0.25, -0.2) is 0 Å². The van der Waals surface area contributed by atoms with Crippen molar-refractivity contribution >= 4 is 17.3 Å². The van der Waals surface area contributed by atoms with Gasteiger partial charge in [0.25, 0.3) is 5.69 Å². The number of anilines is 1. The molecule has 7 nitrogen and oxygen atoms in total. The summed E-state index contributed by atoms with van der Waals surface area (Å²) in [6, 6.07) is 4.15. The number of aliphatic hydroxyl groups is 1. The minimum Gasteiger partial charge on any atom is -0.396 e. The second-order valence-electron chi connectivity index (χ2n) is 4.94. The number of rotatable bonds is 5. The molecule has 0 saturated carbocycles. The highest BCUT2D eigenvalue weighted by atomic mass is 16.6. The Morgan fingerprint density at radius 1 is 1.55 bits per heavy atom. The smallest absolute Gasteiger partial charge is 0.292 e. The Morgan fingerprint density at radius 2 is 2.30 bits per heavy atom. The summed E-state index contributed by atoms with van der Waals surface area (Å²) in [6.45, 7) is 1.43. The van der Waals surface area contributed by atoms with Crippen LogP contribution in [0.5, 0.6) is 0 Å². The topological polar surface area (TPSA) is 110 Å². The van der Waals surface area contributed by atoms with E-state index in [1.807, 2.05) is 4.90 Å². The summed E-state index contributed by atoms with van der Waals surface area (Å²) >= 11 is 0. The van der Waals surface area contributed by atoms with Crippen LogP contribution in [0.2, 0.25) is 0 Å². The second kappa shape index (κ2) is 5.87. The van der Waals surface area contributed by atoms with Crippen LogP contribution in [0.15, 0.2) is 18.2 Å². The number of carbonyl (C=O) groups is 1. The maximum absolute atomic E-state index is 11.2. The van der Waals surface area contributed by atoms with E-state index in [4.69, 9.17) is 10.8 Å². The molecule has 7 heteroatoms. The average molecular weight is 279 g/mol. The molecule has 1 saturated heterocycles. The number of amides is 1. The number of nitro groups is 1. The Kier molecular flexibility index (Phi) is 4.19. The van der Waals surface area contributed by atoms with Crippen LogP contribution in [0.25, 0.3) is 0 Å². The highest BCUT2D eigenvalue weighted by Crippen LogP contribution is 2.33. The van der Waals surface area contributed by atoms with E-state index in [1.54, 1.807) is 0 Å². The molecule has 1 aromatic carbocycles. The van der Waals surface area contributed by atoms with Crippen LogP contribution in [-0.2, 0) is 0 Å². The van der Waals surface area contributed by atoms with Crippen molar-refractivity contribution < 1.29 is 14.8 Å². The monoisotopic (exact) mass is 279 g/mol. The van der Waals surface area contributed by atoms with E-state index in [0.29, 0.717) is 31.1 Å². The number of aliphatic hydroxyl groups excluding tert-OH is 1. The Morgan fingerprint density at radius 3 is 2.90 bits per heavy atom. The molecule has 1 aliphatic rings. The molecule has 108 valence electrons. The number of hydrogen-bond donors (Lipinski definition) is 2. The molecule has 2 rings (SSSR count). The number of nitrogens with zero attached hydrogens (tertiary/aromatic N) is 2. The van der Waals surface area contributed by atoms with Gasteiger partial charge in [0.1, 0.15) is 5.69 Å². The number of primary amides is 1. The van der Waals surface area contributed by atoms with Crippen molar-refractivity contribution in [1.29, 1.82) is 0 Å². The zero-order valence-electron chi connectivity index (χ0n) is 11.0. The summed E-state index contributed by atoms with van der Waals surface area (Å²) in [4.78, 5) is 23.7. The Hall–Kier alpha value is -2.15. The quantitative estimate of drug-likeness (QED) is 0.614. The summed E-state index contributed by atoms with van der Waals surface area (Å²) in [6.07, 6.45) is 1.55. The third-order valence-corrected chi connectivity index (χ3v) is 3.62. The molecule has 0 aromatic heterocycles. The van der Waals surface area contributed by atoms with Crippen LogP contribution in [0, 0.1) is 16.0 Å². The van der Waals surface area contributed by atoms with E-state index in [1.165, 1.54) is 18.2 Å². The lowest BCUT2D eigenvalue weighted by Crippen LogP contribution is -2.22. The fourth-order valence-corrected chi connectivity index (χ4v) is 2.55. The van der Waals surface area contributed by atoms with E-state index in [-0.39, 0.29) is 17.9 Å². The van der Waals surface area contributed by atoms with Crippen molar-refractivity contribution in [3.05, 3.63) is 33.9 Å². The number of nitro benzene ring substituents is 1. The van der Waals surface area contributed by atoms with E-state index >= 15 is 0 Å². The lowest BCUT2D eigenvalue weighted by molar-refractivity contribution is -0.384. The van der Waals surface area contributed by atoms with Crippen LogP contribution in [0.3, 0.4) is 0 Å². The highest BCUT2D eigenvalue weighted by Gasteiger charge is 2.27. The van der Waals surface area contributed by atoms with Gasteiger partial charge in [-0.05, 0) is 30.9 Å². The summed E-state index contributed by atoms with van der Waals surface area (Å²) in [5.41, 5.74) is 5.88. The maximum Gasteiger partial charge on any atom is 0.292 e. The molecule has 1 heterocycles. The lowest BCUT2D eigenvalue weighted by atomic mass is 10.1. The van der Waals surface area contributed by atoms with Gasteiger partial charge in [0.15, 0.2) is 0 Å². The maximum atomic E-state index is 11.2. The van der Waals surface area contributed by atoms with Gasteiger partial charge in [0.2, 0.25) is 5.91 Å². The molecule has 0 spiro atoms. The summed E-state index contributed by atoms with van der Waals surface area (Å²) in [5.74, 6) is -0.288. The molecule has 1 unspecified atom stereocenters. The van der Waals surface area contributed by atoms with E-state index in [2.05, 4.69) is 0 Å². The minimum absolute atomic E-state index is 0.0281. The second-order valence-corrected chi connectivity index (χ2v) is 4.94. The Bertz CT molecular complexity index is 532. The fraction of sp³-hybridized carbons (Fsp3) is 0.462. The molecule has 1 amide bonds. The first-order valence-corrected chi connectivity index (χ1v) is 6.47. The van der Waals surface area contributed by atoms with Crippen molar-refractivity contribution in [1.82, 2.24) is 0 Å². The molecule has 1 fully saturated rings. The van der Waals surface area contributed by atoms with Gasteiger partial charge in [0.05, 0.1) is 4.92 Å². The summed E-state index contributed by atoms with van der Waals surface area (Å²) in [7, 11) is 0. The van der Waals surface area contributed by atoms with Crippen LogP contribution in [0.4, 0.5) is 11.4 Å². The average Bonchev–Trinajstić information content (AvgIpc) is 2.86. The molecule has 0 bridgehead atoms. The van der Waals surface area contributed by atoms with Crippen LogP contribution in [-0.4, -0.2) is 35.6 Å². The van der Waals surface area contributed by atoms with Crippen molar-refractivity contribution in [2.45, 2.75) is 12.8 Å². The van der Waals surface area contributed by atoms with Gasteiger partial charge in [-0.15, -0.1) is 0 Å². The number of benzene rings is 1. The van der Waals surface area contributed by atoms with Crippen LogP contribution >= 0.6 is 0 Å². The molecule has 20 heavy (non-hydrogen) atoms. The SMILES string of the molecule is NC(=O)c1ccc([N+](=O)[O-])c(N2CCC(CCO)C2)c1. The van der Waals surface area contributed by atoms with Crippen molar-refractivity contribution in [3.63, 3.8) is 0 Å². The predicted molar refractivity (Wildman–Crippen MR) is 73.6 cm³/mol. The van der Waals surface area contributed by atoms with Gasteiger partial charge in [0, 0.05) is 31.3 Å². The third kappa shape index (κ3) is 2.88. The number of carbonyl (C=O) groups excluding carboxylic acids is 1. The van der Waals surface area contributed by atoms with Gasteiger partial charge in [-0.1, -0.05) is 0 Å². The molecular formula is C13H17N3O4. The van der Waals surface area contributed by atoms with Gasteiger partial charge in [-0.2, -0.15) is 0 Å². The molecule has 3 N–H and O–H groups in total. The summed E-state index contributed by atoms with van der Waals surface area (Å²) < 4.78 is 0. The molecule has 1 atom stereocenters. The predicted octanol–water partition coefficient (Wildman–Crippen LogP) is 0.902. The number of hydrogen-bond acceptors (Lipinski definition) is 5. The van der Waals surface area contributed by atoms with E-state index in [0.717, 1.165) is 6.42 Å². The first-order valence-electron chi connectivity index (χ1n) is 6.47. The standard InChI is InChI=1S/C13H17N3O4/c14-13(18)10-1-2-11(16(19)20)12(7-10)15-5-3-9(8-15)4-6-17/h1-2,7,9,17H,3-6,8H2,(H2,14,18). The van der Waals surface area contributed by atoms with Crippen molar-refractivity contribution in [2.75, 3.05) is 24.6 Å². The normalized spacial score (nSPS) is 18.2. The zero-order valence-corrected chi connectivity index (χ0v) is 11.0.